The van der Waals surface area contributed by atoms with Crippen molar-refractivity contribution in [3.05, 3.63) is 0 Å². The molecule has 0 aliphatic carbocycles. The molecule has 8 heavy (non-hydrogen) atoms. The van der Waals surface area contributed by atoms with Gasteiger partial charge in [-0.15, -0.1) is 0 Å². The van der Waals surface area contributed by atoms with Crippen molar-refractivity contribution in [1.29, 1.82) is 16.2 Å². The molecule has 0 aromatic heterocycles. The average molecular weight is 112 g/mol. The molecule has 0 aromatic rings. The topological polar surface area (TPSA) is 83.9 Å². The van der Waals surface area contributed by atoms with E-state index in [2.05, 4.69) is 4.99 Å². The van der Waals surface area contributed by atoms with Crippen LogP contribution in [0, 0.1) is 16.2 Å². The van der Waals surface area contributed by atoms with Crippen LogP contribution in [0.2, 0.25) is 0 Å². The minimum Gasteiger partial charge on any atom is -0.242 e. The molecule has 0 heterocycles. The number of hydrogen-bond donors (Lipinski definition) is 3. The van der Waals surface area contributed by atoms with Crippen LogP contribution in [0.5, 0.6) is 0 Å². The molecule has 44 valence electrons. The summed E-state index contributed by atoms with van der Waals surface area (Å²) in [4.78, 5) is 3.39. The van der Waals surface area contributed by atoms with E-state index < -0.39 is 0 Å². The van der Waals surface area contributed by atoms with Crippen LogP contribution in [0.25, 0.3) is 0 Å². The second-order valence-electron chi connectivity index (χ2n) is 0.711. The van der Waals surface area contributed by atoms with Crippen molar-refractivity contribution in [2.75, 3.05) is 6.54 Å². The SMILES string of the molecule is CCN=C=N.N=C=N. The molecule has 0 aliphatic rings. The Balaban J connectivity index is 0. The molecule has 4 nitrogen and oxygen atoms in total. The Kier molecular flexibility index (Phi) is 21.2. The maximum Gasteiger partial charge on any atom is 0.0861 e. The van der Waals surface area contributed by atoms with E-state index in [9.17, 15) is 0 Å². The van der Waals surface area contributed by atoms with E-state index in [0.29, 0.717) is 6.54 Å². The molecule has 0 fully saturated rings. The molecule has 0 rings (SSSR count). The fourth-order valence-corrected chi connectivity index (χ4v) is 0.0791. The van der Waals surface area contributed by atoms with Gasteiger partial charge in [-0.3, -0.25) is 0 Å². The van der Waals surface area contributed by atoms with Crippen molar-refractivity contribution in [2.45, 2.75) is 6.92 Å². The number of hydrogen-bond acceptors (Lipinski definition) is 4. The van der Waals surface area contributed by atoms with E-state index in [0.717, 1.165) is 0 Å². The molecule has 0 aliphatic heterocycles. The summed E-state index contributed by atoms with van der Waals surface area (Å²) < 4.78 is 0. The highest BCUT2D eigenvalue weighted by atomic mass is 14.7. The lowest BCUT2D eigenvalue weighted by molar-refractivity contribution is 1.14. The van der Waals surface area contributed by atoms with Gasteiger partial charge in [-0.25, -0.2) is 21.2 Å². The number of nitrogens with zero attached hydrogens (tertiary/aromatic N) is 1. The third-order valence-electron chi connectivity index (χ3n) is 0.237. The quantitative estimate of drug-likeness (QED) is 0.424. The highest BCUT2D eigenvalue weighted by Gasteiger charge is 1.49. The molecule has 0 radical (unpaired) electrons. The van der Waals surface area contributed by atoms with Crippen LogP contribution >= 0.6 is 0 Å². The van der Waals surface area contributed by atoms with E-state index in [1.807, 2.05) is 12.9 Å². The highest BCUT2D eigenvalue weighted by molar-refractivity contribution is 5.35. The molecule has 4 heteroatoms. The maximum absolute atomic E-state index is 6.19. The summed E-state index contributed by atoms with van der Waals surface area (Å²) in [7, 11) is 0. The Morgan fingerprint density at radius 2 is 1.75 bits per heavy atom. The van der Waals surface area contributed by atoms with Gasteiger partial charge in [-0.2, -0.15) is 0 Å². The minimum absolute atomic E-state index is 0.670. The van der Waals surface area contributed by atoms with Crippen molar-refractivity contribution >= 4 is 12.0 Å². The minimum atomic E-state index is 0.670. The van der Waals surface area contributed by atoms with E-state index in [-0.39, 0.29) is 0 Å². The van der Waals surface area contributed by atoms with Gasteiger partial charge in [0.15, 0.2) is 0 Å². The first kappa shape index (κ1) is 9.90. The summed E-state index contributed by atoms with van der Waals surface area (Å²) in [5.74, 6) is 0. The molecule has 0 bridgehead atoms. The first-order valence-electron chi connectivity index (χ1n) is 2.00. The van der Waals surface area contributed by atoms with Crippen LogP contribution in [0.3, 0.4) is 0 Å². The fraction of sp³-hybridized carbons (Fsp3) is 0.500. The van der Waals surface area contributed by atoms with Crippen LogP contribution in [-0.4, -0.2) is 18.6 Å². The summed E-state index contributed by atoms with van der Waals surface area (Å²) in [6, 6.07) is 3.14. The standard InChI is InChI=1S/C3H6N2.CH2N2/c1-2-5-3-4;2-1-3/h4H,2H2,1H3;2-3H. The fourth-order valence-electron chi connectivity index (χ4n) is 0.0791. The van der Waals surface area contributed by atoms with Gasteiger partial charge in [-0.05, 0) is 6.92 Å². The lowest BCUT2D eigenvalue weighted by Gasteiger charge is -1.60. The Morgan fingerprint density at radius 3 is 1.75 bits per heavy atom. The van der Waals surface area contributed by atoms with Crippen molar-refractivity contribution in [2.24, 2.45) is 4.99 Å². The zero-order valence-corrected chi connectivity index (χ0v) is 4.65. The van der Waals surface area contributed by atoms with Crippen LogP contribution < -0.4 is 0 Å². The molecular weight excluding hydrogens is 104 g/mol. The maximum atomic E-state index is 6.19. The number of nitrogens with one attached hydrogen (secondary N) is 3. The van der Waals surface area contributed by atoms with Gasteiger partial charge in [0.2, 0.25) is 0 Å². The monoisotopic (exact) mass is 112 g/mol. The Morgan fingerprint density at radius 1 is 1.38 bits per heavy atom. The van der Waals surface area contributed by atoms with Gasteiger partial charge >= 0.3 is 0 Å². The Labute approximate surface area is 47.8 Å². The van der Waals surface area contributed by atoms with Gasteiger partial charge in [0, 0.05) is 6.54 Å². The molecule has 3 N–H and O–H groups in total. The summed E-state index contributed by atoms with van der Waals surface area (Å²) in [5, 5.41) is 17.4. The second kappa shape index (κ2) is 17.1. The van der Waals surface area contributed by atoms with E-state index >= 15 is 0 Å². The van der Waals surface area contributed by atoms with E-state index in [4.69, 9.17) is 16.2 Å². The number of rotatable bonds is 1. The van der Waals surface area contributed by atoms with Gasteiger partial charge in [0.25, 0.3) is 0 Å². The van der Waals surface area contributed by atoms with Crippen LogP contribution in [0.15, 0.2) is 4.99 Å². The lowest BCUT2D eigenvalue weighted by atomic mass is 10.8. The second-order valence-corrected chi connectivity index (χ2v) is 0.711. The van der Waals surface area contributed by atoms with Gasteiger partial charge in [0.1, 0.15) is 0 Å². The zero-order valence-electron chi connectivity index (χ0n) is 4.65. The number of aliphatic imine (C=N–C) groups is 1. The van der Waals surface area contributed by atoms with E-state index in [1.54, 1.807) is 0 Å². The molecule has 0 unspecified atom stereocenters. The predicted octanol–water partition coefficient (Wildman–Crippen LogP) is 1.08. The van der Waals surface area contributed by atoms with Crippen LogP contribution in [-0.2, 0) is 0 Å². The van der Waals surface area contributed by atoms with Gasteiger partial charge in [-0.1, -0.05) is 0 Å². The predicted molar refractivity (Wildman–Crippen MR) is 31.1 cm³/mol. The zero-order chi connectivity index (χ0) is 6.83. The largest absolute Gasteiger partial charge is 0.242 e. The summed E-state index contributed by atoms with van der Waals surface area (Å²) in [6.07, 6.45) is 0. The molecule has 0 saturated heterocycles. The van der Waals surface area contributed by atoms with Gasteiger partial charge in [0.05, 0.1) is 12.0 Å². The Hall–Kier alpha value is -1.24. The lowest BCUT2D eigenvalue weighted by Crippen LogP contribution is -1.58. The van der Waals surface area contributed by atoms with Crippen LogP contribution in [0.1, 0.15) is 6.92 Å². The van der Waals surface area contributed by atoms with E-state index in [1.165, 1.54) is 6.01 Å². The van der Waals surface area contributed by atoms with Crippen molar-refractivity contribution in [3.8, 4) is 0 Å². The normalized spacial score (nSPS) is 4.62. The summed E-state index contributed by atoms with van der Waals surface area (Å²) in [6.45, 7) is 2.53. The van der Waals surface area contributed by atoms with Crippen molar-refractivity contribution < 1.29 is 0 Å². The summed E-state index contributed by atoms with van der Waals surface area (Å²) >= 11 is 0. The Bertz CT molecular complexity index is 105. The molecule has 0 aromatic carbocycles. The molecular formula is C4H8N4. The smallest absolute Gasteiger partial charge is 0.0861 e. The molecule has 0 saturated carbocycles. The highest BCUT2D eigenvalue weighted by Crippen LogP contribution is 1.53. The van der Waals surface area contributed by atoms with Crippen molar-refractivity contribution in [3.63, 3.8) is 0 Å². The third kappa shape index (κ3) is 117. The average Bonchev–Trinajstić information content (AvgIpc) is 1.71. The summed E-state index contributed by atoms with van der Waals surface area (Å²) in [5.41, 5.74) is 0. The molecule has 0 amide bonds. The molecule has 0 atom stereocenters. The van der Waals surface area contributed by atoms with Crippen LogP contribution in [0.4, 0.5) is 0 Å². The first-order chi connectivity index (χ1) is 3.83. The third-order valence-corrected chi connectivity index (χ3v) is 0.237. The first-order valence-corrected chi connectivity index (χ1v) is 2.00. The van der Waals surface area contributed by atoms with Crippen molar-refractivity contribution in [1.82, 2.24) is 0 Å². The van der Waals surface area contributed by atoms with Gasteiger partial charge < -0.3 is 0 Å². The molecule has 0 spiro atoms.